The van der Waals surface area contributed by atoms with E-state index in [-0.39, 0.29) is 0 Å². The van der Waals surface area contributed by atoms with Crippen molar-refractivity contribution in [2.45, 2.75) is 38.6 Å². The van der Waals surface area contributed by atoms with Gasteiger partial charge >= 0.3 is 0 Å². The van der Waals surface area contributed by atoms with E-state index in [1.54, 1.807) is 0 Å². The lowest BCUT2D eigenvalue weighted by atomic mass is 9.97. The molecule has 1 aromatic rings. The molecule has 1 aromatic carbocycles. The molecule has 2 heteroatoms. The SMILES string of the molecule is CC(C)c1cc(Br)cc(C2CCCN2)c1. The molecular formula is C13H18BrN. The van der Waals surface area contributed by atoms with Crippen molar-refractivity contribution in [3.63, 3.8) is 0 Å². The minimum Gasteiger partial charge on any atom is -0.310 e. The highest BCUT2D eigenvalue weighted by Gasteiger charge is 2.17. The summed E-state index contributed by atoms with van der Waals surface area (Å²) in [4.78, 5) is 0. The fourth-order valence-electron chi connectivity index (χ4n) is 2.14. The first-order chi connectivity index (χ1) is 7.16. The van der Waals surface area contributed by atoms with Gasteiger partial charge in [-0.05, 0) is 48.6 Å². The number of hydrogen-bond donors (Lipinski definition) is 1. The van der Waals surface area contributed by atoms with Crippen molar-refractivity contribution in [1.29, 1.82) is 0 Å². The van der Waals surface area contributed by atoms with Gasteiger partial charge in [0.1, 0.15) is 0 Å². The van der Waals surface area contributed by atoms with Crippen LogP contribution < -0.4 is 5.32 Å². The van der Waals surface area contributed by atoms with E-state index < -0.39 is 0 Å². The third kappa shape index (κ3) is 2.61. The topological polar surface area (TPSA) is 12.0 Å². The van der Waals surface area contributed by atoms with Gasteiger partial charge in [-0.25, -0.2) is 0 Å². The lowest BCUT2D eigenvalue weighted by molar-refractivity contribution is 0.645. The van der Waals surface area contributed by atoms with Crippen LogP contribution in [-0.2, 0) is 0 Å². The molecule has 1 N–H and O–H groups in total. The molecular weight excluding hydrogens is 250 g/mol. The Morgan fingerprint density at radius 3 is 2.73 bits per heavy atom. The lowest BCUT2D eigenvalue weighted by Gasteiger charge is -2.14. The predicted octanol–water partition coefficient (Wildman–Crippen LogP) is 4.00. The molecule has 0 spiro atoms. The van der Waals surface area contributed by atoms with Gasteiger partial charge in [0, 0.05) is 10.5 Å². The second-order valence-corrected chi connectivity index (χ2v) is 5.54. The van der Waals surface area contributed by atoms with Crippen molar-refractivity contribution in [3.8, 4) is 0 Å². The summed E-state index contributed by atoms with van der Waals surface area (Å²) in [5.41, 5.74) is 2.86. The van der Waals surface area contributed by atoms with E-state index in [2.05, 4.69) is 53.3 Å². The van der Waals surface area contributed by atoms with Gasteiger partial charge in [-0.3, -0.25) is 0 Å². The first kappa shape index (κ1) is 11.2. The number of hydrogen-bond acceptors (Lipinski definition) is 1. The Balaban J connectivity index is 2.30. The minimum atomic E-state index is 0.569. The largest absolute Gasteiger partial charge is 0.310 e. The Hall–Kier alpha value is -0.340. The number of halogens is 1. The summed E-state index contributed by atoms with van der Waals surface area (Å²) >= 11 is 3.60. The van der Waals surface area contributed by atoms with Crippen LogP contribution in [0.2, 0.25) is 0 Å². The quantitative estimate of drug-likeness (QED) is 0.855. The van der Waals surface area contributed by atoms with Crippen LogP contribution in [0.3, 0.4) is 0 Å². The van der Waals surface area contributed by atoms with E-state index in [1.807, 2.05) is 0 Å². The monoisotopic (exact) mass is 267 g/mol. The van der Waals surface area contributed by atoms with E-state index in [4.69, 9.17) is 0 Å². The first-order valence-electron chi connectivity index (χ1n) is 5.70. The van der Waals surface area contributed by atoms with E-state index in [1.165, 1.54) is 28.4 Å². The first-order valence-corrected chi connectivity index (χ1v) is 6.50. The van der Waals surface area contributed by atoms with E-state index in [9.17, 15) is 0 Å². The standard InChI is InChI=1S/C13H18BrN/c1-9(2)10-6-11(8-12(14)7-10)13-4-3-5-15-13/h6-9,13,15H,3-5H2,1-2H3. The summed E-state index contributed by atoms with van der Waals surface area (Å²) < 4.78 is 1.21. The molecule has 1 unspecified atom stereocenters. The van der Waals surface area contributed by atoms with Crippen LogP contribution in [0.15, 0.2) is 22.7 Å². The molecule has 82 valence electrons. The third-order valence-electron chi connectivity index (χ3n) is 3.07. The third-order valence-corrected chi connectivity index (χ3v) is 3.53. The van der Waals surface area contributed by atoms with Crippen LogP contribution in [0.5, 0.6) is 0 Å². The maximum absolute atomic E-state index is 3.60. The average molecular weight is 268 g/mol. The molecule has 1 saturated heterocycles. The Morgan fingerprint density at radius 2 is 2.13 bits per heavy atom. The van der Waals surface area contributed by atoms with Crippen LogP contribution in [-0.4, -0.2) is 6.54 Å². The van der Waals surface area contributed by atoms with Crippen LogP contribution in [0, 0.1) is 0 Å². The summed E-state index contributed by atoms with van der Waals surface area (Å²) in [7, 11) is 0. The van der Waals surface area contributed by atoms with Gasteiger partial charge in [-0.15, -0.1) is 0 Å². The summed E-state index contributed by atoms with van der Waals surface area (Å²) in [6, 6.07) is 7.39. The molecule has 0 saturated carbocycles. The Bertz CT molecular complexity index is 340. The molecule has 0 radical (unpaired) electrons. The molecule has 1 heterocycles. The van der Waals surface area contributed by atoms with Crippen molar-refractivity contribution in [3.05, 3.63) is 33.8 Å². The van der Waals surface area contributed by atoms with Crippen molar-refractivity contribution in [1.82, 2.24) is 5.32 Å². The van der Waals surface area contributed by atoms with E-state index >= 15 is 0 Å². The predicted molar refractivity (Wildman–Crippen MR) is 68.2 cm³/mol. The smallest absolute Gasteiger partial charge is 0.0321 e. The van der Waals surface area contributed by atoms with Crippen LogP contribution >= 0.6 is 15.9 Å². The van der Waals surface area contributed by atoms with Crippen molar-refractivity contribution < 1.29 is 0 Å². The van der Waals surface area contributed by atoms with E-state index in [0.29, 0.717) is 12.0 Å². The second-order valence-electron chi connectivity index (χ2n) is 4.62. The van der Waals surface area contributed by atoms with Crippen molar-refractivity contribution in [2.24, 2.45) is 0 Å². The molecule has 15 heavy (non-hydrogen) atoms. The molecule has 1 fully saturated rings. The number of nitrogens with one attached hydrogen (secondary N) is 1. The summed E-state index contributed by atoms with van der Waals surface area (Å²) in [6.07, 6.45) is 2.57. The maximum Gasteiger partial charge on any atom is 0.0321 e. The van der Waals surface area contributed by atoms with Gasteiger partial charge < -0.3 is 5.32 Å². The van der Waals surface area contributed by atoms with E-state index in [0.717, 1.165) is 6.54 Å². The highest BCUT2D eigenvalue weighted by Crippen LogP contribution is 2.29. The molecule has 0 amide bonds. The Morgan fingerprint density at radius 1 is 1.33 bits per heavy atom. The lowest BCUT2D eigenvalue weighted by Crippen LogP contribution is -2.13. The molecule has 0 aliphatic carbocycles. The van der Waals surface area contributed by atoms with Gasteiger partial charge in [0.2, 0.25) is 0 Å². The fraction of sp³-hybridized carbons (Fsp3) is 0.538. The van der Waals surface area contributed by atoms with Crippen LogP contribution in [0.25, 0.3) is 0 Å². The fourth-order valence-corrected chi connectivity index (χ4v) is 2.67. The van der Waals surface area contributed by atoms with Crippen LogP contribution in [0.4, 0.5) is 0 Å². The van der Waals surface area contributed by atoms with Gasteiger partial charge in [0.05, 0.1) is 0 Å². The zero-order chi connectivity index (χ0) is 10.8. The van der Waals surface area contributed by atoms with Crippen molar-refractivity contribution >= 4 is 15.9 Å². The molecule has 1 atom stereocenters. The average Bonchev–Trinajstić information content (AvgIpc) is 2.69. The molecule has 1 aliphatic heterocycles. The normalized spacial score (nSPS) is 21.2. The summed E-state index contributed by atoms with van der Waals surface area (Å²) in [5.74, 6) is 0.600. The van der Waals surface area contributed by atoms with Crippen LogP contribution in [0.1, 0.15) is 49.8 Å². The summed E-state index contributed by atoms with van der Waals surface area (Å²) in [5, 5.41) is 3.55. The molecule has 0 bridgehead atoms. The van der Waals surface area contributed by atoms with Gasteiger partial charge in [-0.2, -0.15) is 0 Å². The maximum atomic E-state index is 3.60. The molecule has 1 aliphatic rings. The Labute approximate surface area is 100 Å². The molecule has 0 aromatic heterocycles. The zero-order valence-corrected chi connectivity index (χ0v) is 11.0. The zero-order valence-electron chi connectivity index (χ0n) is 9.39. The van der Waals surface area contributed by atoms with Gasteiger partial charge in [-0.1, -0.05) is 35.8 Å². The van der Waals surface area contributed by atoms with Gasteiger partial charge in [0.25, 0.3) is 0 Å². The molecule has 1 nitrogen and oxygen atoms in total. The highest BCUT2D eigenvalue weighted by molar-refractivity contribution is 9.10. The highest BCUT2D eigenvalue weighted by atomic mass is 79.9. The van der Waals surface area contributed by atoms with Crippen molar-refractivity contribution in [2.75, 3.05) is 6.54 Å². The number of benzene rings is 1. The minimum absolute atomic E-state index is 0.569. The number of rotatable bonds is 2. The summed E-state index contributed by atoms with van der Waals surface area (Å²) in [6.45, 7) is 5.65. The second kappa shape index (κ2) is 4.67. The molecule has 2 rings (SSSR count). The Kier molecular flexibility index (Phi) is 3.47. The van der Waals surface area contributed by atoms with Gasteiger partial charge in [0.15, 0.2) is 0 Å².